The van der Waals surface area contributed by atoms with Crippen LogP contribution >= 0.6 is 0 Å². The molecule has 0 aliphatic carbocycles. The second-order valence-corrected chi connectivity index (χ2v) is 7.44. The Hall–Kier alpha value is 0.0899. The first-order valence-electron chi connectivity index (χ1n) is 7.35. The van der Waals surface area contributed by atoms with Crippen LogP contribution in [0.3, 0.4) is 0 Å². The summed E-state index contributed by atoms with van der Waals surface area (Å²) in [6, 6.07) is 0. The largest absolute Gasteiger partial charge is 0.327 e. The monoisotopic (exact) mass is 237 g/mol. The van der Waals surface area contributed by atoms with Gasteiger partial charge in [0.25, 0.3) is 0 Å². The van der Waals surface area contributed by atoms with Crippen molar-refractivity contribution in [3.8, 4) is 0 Å². The first-order valence-corrected chi connectivity index (χ1v) is 7.35. The molecule has 17 heavy (non-hydrogen) atoms. The van der Waals surface area contributed by atoms with Gasteiger partial charge in [-0.05, 0) is 17.3 Å². The molecule has 1 nitrogen and oxygen atoms in total. The Kier molecular flexibility index (Phi) is 6.91. The van der Waals surface area contributed by atoms with Crippen LogP contribution in [0.1, 0.15) is 61.8 Å². The minimum Gasteiger partial charge on any atom is -0.327 e. The molecule has 1 atom stereocenters. The molecule has 0 saturated carbocycles. The molecule has 1 N–H and O–H groups in total. The van der Waals surface area contributed by atoms with Gasteiger partial charge in [-0.2, -0.15) is 0 Å². The van der Waals surface area contributed by atoms with E-state index in [9.17, 15) is 0 Å². The van der Waals surface area contributed by atoms with E-state index in [1.807, 2.05) is 0 Å². The molecule has 0 saturated heterocycles. The standard InChI is InChI=1S/C14H33B2N/c1-9-13(5,6)12(4)16-14(7,8)17-10-15-11(2)3/h11-12,15-17H,9-10H2,1-8H3. The van der Waals surface area contributed by atoms with Crippen LogP contribution in [0.4, 0.5) is 0 Å². The van der Waals surface area contributed by atoms with Crippen LogP contribution in [0.2, 0.25) is 11.6 Å². The van der Waals surface area contributed by atoms with Gasteiger partial charge in [-0.15, -0.1) is 0 Å². The maximum absolute atomic E-state index is 3.72. The topological polar surface area (TPSA) is 12.0 Å². The molecule has 3 heteroatoms. The quantitative estimate of drug-likeness (QED) is 0.639. The molecule has 0 bridgehead atoms. The van der Waals surface area contributed by atoms with Crippen molar-refractivity contribution in [2.24, 2.45) is 5.41 Å². The second-order valence-electron chi connectivity index (χ2n) is 7.44. The fourth-order valence-corrected chi connectivity index (χ4v) is 2.16. The molecule has 0 rings (SSSR count). The van der Waals surface area contributed by atoms with Gasteiger partial charge in [0.05, 0.1) is 0 Å². The van der Waals surface area contributed by atoms with Crippen LogP contribution < -0.4 is 5.32 Å². The third-order valence-electron chi connectivity index (χ3n) is 4.39. The van der Waals surface area contributed by atoms with Gasteiger partial charge in [0.15, 0.2) is 0 Å². The number of nitrogens with one attached hydrogen (secondary N) is 1. The van der Waals surface area contributed by atoms with Crippen LogP contribution in [0, 0.1) is 5.41 Å². The van der Waals surface area contributed by atoms with E-state index in [0.29, 0.717) is 5.41 Å². The van der Waals surface area contributed by atoms with Gasteiger partial charge < -0.3 is 5.32 Å². The molecule has 0 aromatic heterocycles. The van der Waals surface area contributed by atoms with Crippen molar-refractivity contribution in [2.45, 2.75) is 78.9 Å². The summed E-state index contributed by atoms with van der Waals surface area (Å²) in [5.41, 5.74) is 0.720. The van der Waals surface area contributed by atoms with Crippen molar-refractivity contribution in [1.29, 1.82) is 0 Å². The highest BCUT2D eigenvalue weighted by molar-refractivity contribution is 6.42. The predicted octanol–water partition coefficient (Wildman–Crippen LogP) is 3.22. The van der Waals surface area contributed by atoms with Gasteiger partial charge in [-0.3, -0.25) is 0 Å². The number of hydrogen-bond acceptors (Lipinski definition) is 1. The Morgan fingerprint density at radius 1 is 1.06 bits per heavy atom. The van der Waals surface area contributed by atoms with Crippen LogP contribution in [-0.2, 0) is 0 Å². The Bertz CT molecular complexity index is 212. The molecule has 0 aromatic rings. The fourth-order valence-electron chi connectivity index (χ4n) is 2.16. The first-order chi connectivity index (χ1) is 7.60. The lowest BCUT2D eigenvalue weighted by Crippen LogP contribution is -2.49. The van der Waals surface area contributed by atoms with Crippen molar-refractivity contribution in [1.82, 2.24) is 5.32 Å². The molecule has 100 valence electrons. The van der Waals surface area contributed by atoms with Crippen molar-refractivity contribution < 1.29 is 0 Å². The second kappa shape index (κ2) is 6.87. The zero-order valence-corrected chi connectivity index (χ0v) is 13.5. The van der Waals surface area contributed by atoms with Crippen molar-refractivity contribution >= 4 is 14.6 Å². The summed E-state index contributed by atoms with van der Waals surface area (Å²) in [5.74, 6) is 1.55. The smallest absolute Gasteiger partial charge is 0.148 e. The number of rotatable bonds is 8. The number of hydrogen-bond donors (Lipinski definition) is 1. The Balaban J connectivity index is 4.15. The van der Waals surface area contributed by atoms with Crippen LogP contribution in [-0.4, -0.2) is 26.4 Å². The molecular formula is C14H33B2N. The van der Waals surface area contributed by atoms with E-state index in [2.05, 4.69) is 60.7 Å². The van der Waals surface area contributed by atoms with Gasteiger partial charge in [-0.25, -0.2) is 0 Å². The fraction of sp³-hybridized carbons (Fsp3) is 1.00. The summed E-state index contributed by atoms with van der Waals surface area (Å²) >= 11 is 0. The lowest BCUT2D eigenvalue weighted by Gasteiger charge is -2.36. The van der Waals surface area contributed by atoms with Crippen LogP contribution in [0.25, 0.3) is 0 Å². The highest BCUT2D eigenvalue weighted by atomic mass is 14.9. The maximum atomic E-state index is 3.72. The molecule has 0 fully saturated rings. The zero-order valence-electron chi connectivity index (χ0n) is 13.5. The SMILES string of the molecule is CCC(C)(C)C(C)BC(C)(C)NCBC(C)C. The van der Waals surface area contributed by atoms with E-state index in [0.717, 1.165) is 18.1 Å². The molecule has 0 aliphatic heterocycles. The molecule has 0 spiro atoms. The predicted molar refractivity (Wildman–Crippen MR) is 85.0 cm³/mol. The van der Waals surface area contributed by atoms with Gasteiger partial charge in [0.2, 0.25) is 0 Å². The Morgan fingerprint density at radius 2 is 1.59 bits per heavy atom. The summed E-state index contributed by atoms with van der Waals surface area (Å²) in [4.78, 5) is 0. The van der Waals surface area contributed by atoms with Gasteiger partial charge in [0.1, 0.15) is 14.6 Å². The summed E-state index contributed by atoms with van der Waals surface area (Å²) < 4.78 is 0. The summed E-state index contributed by atoms with van der Waals surface area (Å²) in [6.45, 7) is 18.7. The maximum Gasteiger partial charge on any atom is 0.148 e. The lowest BCUT2D eigenvalue weighted by atomic mass is 9.45. The minimum atomic E-state index is 0.265. The van der Waals surface area contributed by atoms with E-state index < -0.39 is 0 Å². The van der Waals surface area contributed by atoms with E-state index >= 15 is 0 Å². The third-order valence-corrected chi connectivity index (χ3v) is 4.39. The van der Waals surface area contributed by atoms with E-state index in [-0.39, 0.29) is 5.44 Å². The molecule has 0 heterocycles. The average Bonchev–Trinajstić information content (AvgIpc) is 2.15. The molecule has 0 amide bonds. The van der Waals surface area contributed by atoms with Crippen LogP contribution in [0.5, 0.6) is 0 Å². The average molecular weight is 237 g/mol. The van der Waals surface area contributed by atoms with Crippen LogP contribution in [0.15, 0.2) is 0 Å². The highest BCUT2D eigenvalue weighted by Crippen LogP contribution is 2.35. The normalized spacial score (nSPS) is 14.9. The molecule has 0 radical (unpaired) electrons. The van der Waals surface area contributed by atoms with Crippen molar-refractivity contribution in [2.75, 3.05) is 6.44 Å². The zero-order chi connectivity index (χ0) is 13.7. The van der Waals surface area contributed by atoms with Gasteiger partial charge in [0, 0.05) is 0 Å². The lowest BCUT2D eigenvalue weighted by molar-refractivity contribution is 0.330. The van der Waals surface area contributed by atoms with E-state index in [4.69, 9.17) is 0 Å². The molecule has 0 aromatic carbocycles. The first kappa shape index (κ1) is 17.1. The van der Waals surface area contributed by atoms with E-state index in [1.54, 1.807) is 0 Å². The molecule has 1 unspecified atom stereocenters. The van der Waals surface area contributed by atoms with E-state index in [1.165, 1.54) is 21.0 Å². The summed E-state index contributed by atoms with van der Waals surface area (Å²) in [5, 5.41) is 3.72. The van der Waals surface area contributed by atoms with Crippen molar-refractivity contribution in [3.63, 3.8) is 0 Å². The molecule has 0 aliphatic rings. The minimum absolute atomic E-state index is 0.265. The van der Waals surface area contributed by atoms with Crippen molar-refractivity contribution in [3.05, 3.63) is 0 Å². The Morgan fingerprint density at radius 3 is 2.00 bits per heavy atom. The van der Waals surface area contributed by atoms with Gasteiger partial charge >= 0.3 is 0 Å². The molecular weight excluding hydrogens is 204 g/mol. The third kappa shape index (κ3) is 7.18. The Labute approximate surface area is 111 Å². The summed E-state index contributed by atoms with van der Waals surface area (Å²) in [6.07, 6.45) is 2.40. The van der Waals surface area contributed by atoms with Gasteiger partial charge in [-0.1, -0.05) is 73.4 Å². The summed E-state index contributed by atoms with van der Waals surface area (Å²) in [7, 11) is 2.53. The highest BCUT2D eigenvalue weighted by Gasteiger charge is 2.30.